The van der Waals surface area contributed by atoms with Crippen LogP contribution in [-0.4, -0.2) is 0 Å². The predicted octanol–water partition coefficient (Wildman–Crippen LogP) is 17.4. The molecule has 10 aromatic rings. The summed E-state index contributed by atoms with van der Waals surface area (Å²) in [6, 6.07) is 70.1. The Balaban J connectivity index is 1.25. The van der Waals surface area contributed by atoms with Crippen molar-refractivity contribution in [3.63, 3.8) is 0 Å². The van der Waals surface area contributed by atoms with Gasteiger partial charge in [-0.15, -0.1) is 11.3 Å². The molecule has 0 saturated carbocycles. The van der Waals surface area contributed by atoms with Gasteiger partial charge >= 0.3 is 0 Å². The smallest absolute Gasteiger partial charge is 0.0540 e. The monoisotopic (exact) mass is 791 g/mol. The third kappa shape index (κ3) is 6.66. The van der Waals surface area contributed by atoms with Crippen molar-refractivity contribution in [2.75, 3.05) is 4.90 Å². The van der Waals surface area contributed by atoms with Crippen molar-refractivity contribution >= 4 is 70.1 Å². The van der Waals surface area contributed by atoms with Gasteiger partial charge in [0.15, 0.2) is 0 Å². The van der Waals surface area contributed by atoms with Crippen LogP contribution in [0.5, 0.6) is 0 Å². The zero-order valence-corrected chi connectivity index (χ0v) is 36.1. The van der Waals surface area contributed by atoms with Crippen molar-refractivity contribution in [3.8, 4) is 33.4 Å². The van der Waals surface area contributed by atoms with E-state index in [0.29, 0.717) is 0 Å². The number of para-hydroxylation sites is 2. The summed E-state index contributed by atoms with van der Waals surface area (Å²) in [5.74, 6) is 0. The van der Waals surface area contributed by atoms with Crippen LogP contribution in [0.2, 0.25) is 0 Å². The van der Waals surface area contributed by atoms with Gasteiger partial charge in [-0.1, -0.05) is 199 Å². The van der Waals surface area contributed by atoms with Gasteiger partial charge in [0, 0.05) is 42.6 Å². The van der Waals surface area contributed by atoms with E-state index in [0.717, 1.165) is 17.1 Å². The Morgan fingerprint density at radius 3 is 1.60 bits per heavy atom. The first-order chi connectivity index (χ1) is 29.0. The lowest BCUT2D eigenvalue weighted by atomic mass is 9.78. The minimum atomic E-state index is 0.00391. The topological polar surface area (TPSA) is 3.24 Å². The molecule has 0 saturated heterocycles. The molecule has 0 unspecified atom stereocenters. The summed E-state index contributed by atoms with van der Waals surface area (Å²) in [5.41, 5.74) is 13.5. The number of hydrogen-bond donors (Lipinski definition) is 0. The molecule has 10 rings (SSSR count). The minimum absolute atomic E-state index is 0.00391. The van der Waals surface area contributed by atoms with Crippen molar-refractivity contribution in [1.82, 2.24) is 0 Å². The molecule has 0 amide bonds. The summed E-state index contributed by atoms with van der Waals surface area (Å²) in [5, 5.41) is 7.54. The molecule has 292 valence electrons. The molecule has 1 heterocycles. The van der Waals surface area contributed by atoms with Gasteiger partial charge < -0.3 is 4.90 Å². The van der Waals surface area contributed by atoms with E-state index >= 15 is 0 Å². The average molecular weight is 792 g/mol. The number of anilines is 3. The predicted molar refractivity (Wildman–Crippen MR) is 263 cm³/mol. The number of hydrogen-bond acceptors (Lipinski definition) is 2. The molecule has 0 atom stereocenters. The first-order valence-corrected chi connectivity index (χ1v) is 21.9. The first kappa shape index (κ1) is 37.8. The Kier molecular flexibility index (Phi) is 9.23. The van der Waals surface area contributed by atoms with Crippen molar-refractivity contribution in [2.24, 2.45) is 0 Å². The van der Waals surface area contributed by atoms with Crippen molar-refractivity contribution in [2.45, 2.75) is 52.4 Å². The molecule has 1 nitrogen and oxygen atoms in total. The SMILES string of the molecule is CC(C)(C)c1cc(-c2cccc3cccc(-c4ccccc4N(c4ccc5ccccc5c4)c4ccccc4-c4cccc5c4sc4ccccc45)c23)cc(C(C)(C)C)c1. The maximum atomic E-state index is 2.50. The van der Waals surface area contributed by atoms with Crippen molar-refractivity contribution in [1.29, 1.82) is 0 Å². The second kappa shape index (κ2) is 14.7. The largest absolute Gasteiger partial charge is 0.309 e. The normalized spacial score (nSPS) is 12.2. The second-order valence-electron chi connectivity index (χ2n) is 18.2. The maximum Gasteiger partial charge on any atom is 0.0540 e. The second-order valence-corrected chi connectivity index (χ2v) is 19.2. The fourth-order valence-electron chi connectivity index (χ4n) is 8.93. The molecule has 60 heavy (non-hydrogen) atoms. The Hall–Kier alpha value is -6.48. The number of thiophene rings is 1. The van der Waals surface area contributed by atoms with Crippen molar-refractivity contribution < 1.29 is 0 Å². The highest BCUT2D eigenvalue weighted by atomic mass is 32.1. The third-order valence-corrected chi connectivity index (χ3v) is 13.4. The highest BCUT2D eigenvalue weighted by Gasteiger charge is 2.25. The van der Waals surface area contributed by atoms with E-state index in [1.165, 1.54) is 86.2 Å². The van der Waals surface area contributed by atoms with Gasteiger partial charge in [-0.05, 0) is 90.5 Å². The van der Waals surface area contributed by atoms with E-state index in [9.17, 15) is 0 Å². The van der Waals surface area contributed by atoms with Gasteiger partial charge in [0.2, 0.25) is 0 Å². The Morgan fingerprint density at radius 1 is 0.383 bits per heavy atom. The summed E-state index contributed by atoms with van der Waals surface area (Å²) in [4.78, 5) is 2.50. The number of benzene rings is 9. The van der Waals surface area contributed by atoms with Gasteiger partial charge in [0.25, 0.3) is 0 Å². The highest BCUT2D eigenvalue weighted by Crippen LogP contribution is 2.50. The number of fused-ring (bicyclic) bond motifs is 5. The average Bonchev–Trinajstić information content (AvgIpc) is 3.65. The molecule has 0 bridgehead atoms. The fraction of sp³-hybridized carbons (Fsp3) is 0.138. The molecule has 0 fully saturated rings. The molecule has 0 radical (unpaired) electrons. The quantitative estimate of drug-likeness (QED) is 0.162. The maximum absolute atomic E-state index is 2.50. The van der Waals surface area contributed by atoms with Crippen LogP contribution >= 0.6 is 11.3 Å². The van der Waals surface area contributed by atoms with Crippen LogP contribution in [0.1, 0.15) is 52.7 Å². The van der Waals surface area contributed by atoms with Crippen LogP contribution in [-0.2, 0) is 10.8 Å². The van der Waals surface area contributed by atoms with Gasteiger partial charge in [0.05, 0.1) is 11.4 Å². The van der Waals surface area contributed by atoms with E-state index in [2.05, 4.69) is 234 Å². The summed E-state index contributed by atoms with van der Waals surface area (Å²) in [6.07, 6.45) is 0. The van der Waals surface area contributed by atoms with Crippen LogP contribution in [0.3, 0.4) is 0 Å². The van der Waals surface area contributed by atoms with Gasteiger partial charge in [-0.2, -0.15) is 0 Å². The van der Waals surface area contributed by atoms with E-state index in [4.69, 9.17) is 0 Å². The fourth-order valence-corrected chi connectivity index (χ4v) is 10.2. The molecule has 2 heteroatoms. The van der Waals surface area contributed by atoms with Crippen LogP contribution in [0.25, 0.3) is 75.1 Å². The van der Waals surface area contributed by atoms with Crippen LogP contribution in [0.15, 0.2) is 188 Å². The lowest BCUT2D eigenvalue weighted by molar-refractivity contribution is 0.569. The zero-order valence-electron chi connectivity index (χ0n) is 35.3. The Morgan fingerprint density at radius 2 is 0.900 bits per heavy atom. The lowest BCUT2D eigenvalue weighted by Gasteiger charge is -2.30. The molecule has 0 aliphatic rings. The molecular formula is C58H49NS. The van der Waals surface area contributed by atoms with E-state index in [-0.39, 0.29) is 10.8 Å². The van der Waals surface area contributed by atoms with Crippen molar-refractivity contribution in [3.05, 3.63) is 199 Å². The molecule has 9 aromatic carbocycles. The third-order valence-electron chi connectivity index (χ3n) is 12.1. The molecule has 0 aliphatic heterocycles. The van der Waals surface area contributed by atoms with Gasteiger partial charge in [0.1, 0.15) is 0 Å². The van der Waals surface area contributed by atoms with Crippen LogP contribution < -0.4 is 4.90 Å². The minimum Gasteiger partial charge on any atom is -0.309 e. The standard InChI is InChI=1S/C58H49NS/c1-57(2,3)42-34-41(35-43(37-42)58(4,5)6)45-25-15-20-39-21-16-26-49(55(39)45)46-22-9-12-29-52(46)59(44-33-32-38-18-7-8-19-40(38)36-44)53-30-13-10-23-47(53)50-27-17-28-51-48-24-11-14-31-54(48)60-56(50)51/h7-37H,1-6H3. The van der Waals surface area contributed by atoms with Gasteiger partial charge in [-0.3, -0.25) is 0 Å². The summed E-state index contributed by atoms with van der Waals surface area (Å²) in [6.45, 7) is 13.9. The lowest BCUT2D eigenvalue weighted by Crippen LogP contribution is -2.16. The molecule has 0 spiro atoms. The van der Waals surface area contributed by atoms with Crippen LogP contribution in [0.4, 0.5) is 17.1 Å². The molecule has 0 N–H and O–H groups in total. The highest BCUT2D eigenvalue weighted by molar-refractivity contribution is 7.26. The molecular weight excluding hydrogens is 743 g/mol. The van der Waals surface area contributed by atoms with Crippen LogP contribution in [0, 0.1) is 0 Å². The molecule has 0 aliphatic carbocycles. The van der Waals surface area contributed by atoms with E-state index in [1.807, 2.05) is 11.3 Å². The molecule has 1 aromatic heterocycles. The summed E-state index contributed by atoms with van der Waals surface area (Å²) < 4.78 is 2.62. The van der Waals surface area contributed by atoms with E-state index < -0.39 is 0 Å². The number of nitrogens with zero attached hydrogens (tertiary/aromatic N) is 1. The first-order valence-electron chi connectivity index (χ1n) is 21.1. The number of rotatable bonds is 6. The van der Waals surface area contributed by atoms with Gasteiger partial charge in [-0.25, -0.2) is 0 Å². The Labute approximate surface area is 358 Å². The summed E-state index contributed by atoms with van der Waals surface area (Å²) in [7, 11) is 0. The summed E-state index contributed by atoms with van der Waals surface area (Å²) >= 11 is 1.88. The zero-order chi connectivity index (χ0) is 41.2. The van der Waals surface area contributed by atoms with E-state index in [1.54, 1.807) is 0 Å². The Bertz CT molecular complexity index is 3200.